The Balaban J connectivity index is 1.80. The van der Waals surface area contributed by atoms with E-state index >= 15 is 0 Å². The van der Waals surface area contributed by atoms with Gasteiger partial charge >= 0.3 is 6.18 Å². The number of rotatable bonds is 3. The van der Waals surface area contributed by atoms with Gasteiger partial charge in [-0.3, -0.25) is 0 Å². The lowest BCUT2D eigenvalue weighted by Crippen LogP contribution is -2.37. The fourth-order valence-electron chi connectivity index (χ4n) is 2.88. The first-order chi connectivity index (χ1) is 13.4. The van der Waals surface area contributed by atoms with E-state index in [1.807, 2.05) is 19.1 Å². The van der Waals surface area contributed by atoms with Crippen molar-refractivity contribution in [1.82, 2.24) is 30.2 Å². The van der Waals surface area contributed by atoms with Crippen LogP contribution < -0.4 is 4.90 Å². The summed E-state index contributed by atoms with van der Waals surface area (Å²) >= 11 is 0. The van der Waals surface area contributed by atoms with Crippen LogP contribution in [0.5, 0.6) is 0 Å². The van der Waals surface area contributed by atoms with Crippen LogP contribution in [0.2, 0.25) is 0 Å². The first-order valence-corrected chi connectivity index (χ1v) is 8.56. The number of hydrogen-bond acceptors (Lipinski definition) is 7. The van der Waals surface area contributed by atoms with Crippen LogP contribution in [-0.2, 0) is 10.9 Å². The van der Waals surface area contributed by atoms with Gasteiger partial charge in [0.1, 0.15) is 0 Å². The van der Waals surface area contributed by atoms with Crippen molar-refractivity contribution < 1.29 is 17.9 Å². The summed E-state index contributed by atoms with van der Waals surface area (Å²) in [6.07, 6.45) is -3.57. The van der Waals surface area contributed by atoms with Gasteiger partial charge in [0, 0.05) is 19.3 Å². The fourth-order valence-corrected chi connectivity index (χ4v) is 2.88. The Bertz CT molecular complexity index is 966. The molecule has 1 saturated heterocycles. The van der Waals surface area contributed by atoms with Crippen LogP contribution in [0.3, 0.4) is 0 Å². The molecule has 0 aliphatic carbocycles. The third kappa shape index (κ3) is 3.52. The number of ether oxygens (including phenoxy) is 1. The minimum Gasteiger partial charge on any atom is -0.378 e. The minimum atomic E-state index is -4.69. The molecule has 1 fully saturated rings. The van der Waals surface area contributed by atoms with Crippen molar-refractivity contribution in [3.05, 3.63) is 41.7 Å². The summed E-state index contributed by atoms with van der Waals surface area (Å²) in [6, 6.07) is 7.10. The van der Waals surface area contributed by atoms with Crippen LogP contribution in [0, 0.1) is 6.92 Å². The second-order valence-corrected chi connectivity index (χ2v) is 6.28. The zero-order valence-corrected chi connectivity index (χ0v) is 14.9. The van der Waals surface area contributed by atoms with E-state index in [-0.39, 0.29) is 17.3 Å². The predicted octanol–water partition coefficient (Wildman–Crippen LogP) is 2.28. The molecule has 0 radical (unpaired) electrons. The molecule has 0 bridgehead atoms. The maximum atomic E-state index is 13.8. The molecule has 0 N–H and O–H groups in total. The predicted molar refractivity (Wildman–Crippen MR) is 93.0 cm³/mol. The van der Waals surface area contributed by atoms with Crippen LogP contribution in [0.4, 0.5) is 19.1 Å². The molecule has 1 aliphatic rings. The summed E-state index contributed by atoms with van der Waals surface area (Å²) in [7, 11) is 0. The highest BCUT2D eigenvalue weighted by Gasteiger charge is 2.38. The largest absolute Gasteiger partial charge is 0.434 e. The van der Waals surface area contributed by atoms with Crippen molar-refractivity contribution in [3.8, 4) is 17.1 Å². The van der Waals surface area contributed by atoms with E-state index in [9.17, 15) is 13.2 Å². The minimum absolute atomic E-state index is 0.00809. The number of benzene rings is 1. The van der Waals surface area contributed by atoms with Gasteiger partial charge in [-0.2, -0.15) is 17.9 Å². The maximum Gasteiger partial charge on any atom is 0.434 e. The molecule has 1 aromatic carbocycles. The summed E-state index contributed by atoms with van der Waals surface area (Å²) in [5.74, 6) is -0.0709. The molecule has 3 heterocycles. The SMILES string of the molecule is Cc1ccc(-n2nnnc2-c2cnc(N3CCOCC3)nc2C(F)(F)F)cc1. The molecule has 0 atom stereocenters. The molecule has 146 valence electrons. The van der Waals surface area contributed by atoms with Crippen LogP contribution >= 0.6 is 0 Å². The third-order valence-electron chi connectivity index (χ3n) is 4.33. The highest BCUT2D eigenvalue weighted by atomic mass is 19.4. The molecule has 11 heteroatoms. The lowest BCUT2D eigenvalue weighted by molar-refractivity contribution is -0.140. The molecular weight excluding hydrogens is 375 g/mol. The molecule has 3 aromatic rings. The Morgan fingerprint density at radius 2 is 1.79 bits per heavy atom. The van der Waals surface area contributed by atoms with E-state index in [1.54, 1.807) is 17.0 Å². The van der Waals surface area contributed by atoms with Gasteiger partial charge in [-0.25, -0.2) is 9.97 Å². The van der Waals surface area contributed by atoms with Crippen molar-refractivity contribution >= 4 is 5.95 Å². The van der Waals surface area contributed by atoms with Gasteiger partial charge in [-0.15, -0.1) is 5.10 Å². The van der Waals surface area contributed by atoms with Crippen molar-refractivity contribution in [3.63, 3.8) is 0 Å². The van der Waals surface area contributed by atoms with Crippen LogP contribution in [0.1, 0.15) is 11.3 Å². The number of hydrogen-bond donors (Lipinski definition) is 0. The van der Waals surface area contributed by atoms with E-state index in [2.05, 4.69) is 25.5 Å². The lowest BCUT2D eigenvalue weighted by atomic mass is 10.2. The summed E-state index contributed by atoms with van der Waals surface area (Å²) < 4.78 is 47.8. The van der Waals surface area contributed by atoms with Gasteiger partial charge in [0.2, 0.25) is 5.95 Å². The zero-order chi connectivity index (χ0) is 19.7. The standard InChI is InChI=1S/C17H16F3N7O/c1-11-2-4-12(5-3-11)27-15(23-24-25-27)13-10-21-16(22-14(13)17(18,19)20)26-6-8-28-9-7-26/h2-5,10H,6-9H2,1H3. The number of alkyl halides is 3. The Hall–Kier alpha value is -3.08. The average Bonchev–Trinajstić information content (AvgIpc) is 3.18. The second-order valence-electron chi connectivity index (χ2n) is 6.28. The fraction of sp³-hybridized carbons (Fsp3) is 0.353. The molecule has 0 spiro atoms. The van der Waals surface area contributed by atoms with Crippen molar-refractivity contribution in [2.75, 3.05) is 31.2 Å². The summed E-state index contributed by atoms with van der Waals surface area (Å²) in [5, 5.41) is 11.2. The number of aromatic nitrogens is 6. The van der Waals surface area contributed by atoms with Gasteiger partial charge in [0.05, 0.1) is 24.5 Å². The summed E-state index contributed by atoms with van der Waals surface area (Å²) in [5.41, 5.74) is 0.186. The molecule has 28 heavy (non-hydrogen) atoms. The molecule has 2 aromatic heterocycles. The monoisotopic (exact) mass is 391 g/mol. The maximum absolute atomic E-state index is 13.8. The smallest absolute Gasteiger partial charge is 0.378 e. The molecule has 0 saturated carbocycles. The Kier molecular flexibility index (Phi) is 4.67. The van der Waals surface area contributed by atoms with Gasteiger partial charge in [-0.05, 0) is 29.5 Å². The highest BCUT2D eigenvalue weighted by Crippen LogP contribution is 2.36. The van der Waals surface area contributed by atoms with Crippen molar-refractivity contribution in [1.29, 1.82) is 0 Å². The number of halogens is 3. The van der Waals surface area contributed by atoms with E-state index in [0.717, 1.165) is 11.8 Å². The first kappa shape index (κ1) is 18.3. The molecule has 0 unspecified atom stereocenters. The van der Waals surface area contributed by atoms with E-state index in [4.69, 9.17) is 4.74 Å². The summed E-state index contributed by atoms with van der Waals surface area (Å²) in [4.78, 5) is 9.59. The highest BCUT2D eigenvalue weighted by molar-refractivity contribution is 5.61. The van der Waals surface area contributed by atoms with E-state index < -0.39 is 11.9 Å². The molecule has 1 aliphatic heterocycles. The molecule has 8 nitrogen and oxygen atoms in total. The van der Waals surface area contributed by atoms with E-state index in [0.29, 0.717) is 32.0 Å². The normalized spacial score (nSPS) is 15.1. The lowest BCUT2D eigenvalue weighted by Gasteiger charge is -2.27. The average molecular weight is 391 g/mol. The summed E-state index contributed by atoms with van der Waals surface area (Å²) in [6.45, 7) is 3.59. The van der Waals surface area contributed by atoms with Crippen LogP contribution in [0.15, 0.2) is 30.5 Å². The third-order valence-corrected chi connectivity index (χ3v) is 4.33. The molecule has 0 amide bonds. The topological polar surface area (TPSA) is 81.9 Å². The Morgan fingerprint density at radius 3 is 2.46 bits per heavy atom. The number of morpholine rings is 1. The van der Waals surface area contributed by atoms with Crippen LogP contribution in [-0.4, -0.2) is 56.5 Å². The quantitative estimate of drug-likeness (QED) is 0.677. The van der Waals surface area contributed by atoms with Crippen LogP contribution in [0.25, 0.3) is 17.1 Å². The first-order valence-electron chi connectivity index (χ1n) is 8.56. The second kappa shape index (κ2) is 7.15. The Morgan fingerprint density at radius 1 is 1.07 bits per heavy atom. The van der Waals surface area contributed by atoms with Crippen molar-refractivity contribution in [2.45, 2.75) is 13.1 Å². The van der Waals surface area contributed by atoms with E-state index in [1.165, 1.54) is 4.68 Å². The molecule has 4 rings (SSSR count). The zero-order valence-electron chi connectivity index (χ0n) is 14.9. The number of aryl methyl sites for hydroxylation is 1. The van der Waals surface area contributed by atoms with Gasteiger partial charge < -0.3 is 9.64 Å². The number of tetrazole rings is 1. The van der Waals surface area contributed by atoms with Gasteiger partial charge in [0.15, 0.2) is 11.5 Å². The van der Waals surface area contributed by atoms with Crippen molar-refractivity contribution in [2.24, 2.45) is 0 Å². The van der Waals surface area contributed by atoms with Gasteiger partial charge in [0.25, 0.3) is 0 Å². The Labute approximate surface area is 158 Å². The van der Waals surface area contributed by atoms with Gasteiger partial charge in [-0.1, -0.05) is 17.7 Å². The number of anilines is 1. The number of nitrogens with zero attached hydrogens (tertiary/aromatic N) is 7. The molecular formula is C17H16F3N7O.